The fraction of sp³-hybridized carbons (Fsp3) is 0. The molecule has 0 spiro atoms. The molecule has 2 N–H and O–H groups in total. The second kappa shape index (κ2) is 4.71. The van der Waals surface area contributed by atoms with Crippen molar-refractivity contribution in [2.24, 2.45) is 0 Å². The van der Waals surface area contributed by atoms with E-state index in [9.17, 15) is 0 Å². The van der Waals surface area contributed by atoms with Crippen LogP contribution in [0.25, 0.3) is 22.7 Å². The molecule has 0 aliphatic rings. The number of pyridine rings is 1. The summed E-state index contributed by atoms with van der Waals surface area (Å²) in [6.45, 7) is 0. The minimum absolute atomic E-state index is 0.106. The maximum absolute atomic E-state index is 8.96. The van der Waals surface area contributed by atoms with Crippen molar-refractivity contribution in [3.05, 3.63) is 29.7 Å². The van der Waals surface area contributed by atoms with Crippen LogP contribution in [-0.2, 0) is 0 Å². The molecule has 0 unspecified atom stereocenters. The monoisotopic (exact) mass is 296 g/mol. The normalized spacial score (nSPS) is 10.2. The van der Waals surface area contributed by atoms with Crippen molar-refractivity contribution in [3.63, 3.8) is 0 Å². The van der Waals surface area contributed by atoms with E-state index in [0.717, 1.165) is 4.09 Å². The number of rotatable bonds is 1. The van der Waals surface area contributed by atoms with Gasteiger partial charge in [0.25, 0.3) is 0 Å². The molecular formula is C12H5ClN8. The molecule has 9 heteroatoms. The lowest BCUT2D eigenvalue weighted by Crippen LogP contribution is -1.97. The lowest BCUT2D eigenvalue weighted by Gasteiger charge is -2.01. The highest BCUT2D eigenvalue weighted by molar-refractivity contribution is 6.20. The first-order chi connectivity index (χ1) is 10.2. The van der Waals surface area contributed by atoms with Gasteiger partial charge >= 0.3 is 0 Å². The summed E-state index contributed by atoms with van der Waals surface area (Å²) in [4.78, 5) is 16.1. The summed E-state index contributed by atoms with van der Waals surface area (Å²) in [6, 6.07) is 6.96. The van der Waals surface area contributed by atoms with Crippen LogP contribution in [0.1, 0.15) is 11.4 Å². The number of fused-ring (bicyclic) bond motifs is 1. The van der Waals surface area contributed by atoms with E-state index in [1.807, 2.05) is 0 Å². The highest BCUT2D eigenvalue weighted by Gasteiger charge is 2.18. The van der Waals surface area contributed by atoms with Gasteiger partial charge in [-0.3, -0.25) is 0 Å². The number of hydrogen-bond acceptors (Lipinski definition) is 7. The quantitative estimate of drug-likeness (QED) is 0.714. The highest BCUT2D eigenvalue weighted by Crippen LogP contribution is 2.27. The van der Waals surface area contributed by atoms with Crippen LogP contribution >= 0.6 is 11.8 Å². The zero-order chi connectivity index (χ0) is 15.0. The molecule has 3 heterocycles. The zero-order valence-corrected chi connectivity index (χ0v) is 11.1. The fourth-order valence-corrected chi connectivity index (χ4v) is 2.04. The molecule has 0 aliphatic heterocycles. The zero-order valence-electron chi connectivity index (χ0n) is 10.3. The number of nitriles is 2. The van der Waals surface area contributed by atoms with Crippen LogP contribution in [0.2, 0.25) is 0 Å². The van der Waals surface area contributed by atoms with Crippen LogP contribution in [-0.4, -0.2) is 24.0 Å². The largest absolute Gasteiger partial charge is 0.383 e. The Labute approximate surface area is 123 Å². The number of aromatic nitrogens is 5. The van der Waals surface area contributed by atoms with Crippen LogP contribution in [0.15, 0.2) is 18.3 Å². The summed E-state index contributed by atoms with van der Waals surface area (Å²) in [5.74, 6) is 0.534. The van der Waals surface area contributed by atoms with Crippen molar-refractivity contribution < 1.29 is 0 Å². The molecule has 0 saturated carbocycles. The van der Waals surface area contributed by atoms with Crippen molar-refractivity contribution in [3.8, 4) is 23.5 Å². The number of nitrogen functional groups attached to an aromatic ring is 1. The Bertz CT molecular complexity index is 946. The molecule has 0 amide bonds. The second-order valence-corrected chi connectivity index (χ2v) is 4.28. The summed E-state index contributed by atoms with van der Waals surface area (Å²) < 4.78 is 1.14. The van der Waals surface area contributed by atoms with Gasteiger partial charge in [0.1, 0.15) is 18.0 Å². The molecule has 21 heavy (non-hydrogen) atoms. The number of nitrogens with zero attached hydrogens (tertiary/aromatic N) is 7. The van der Waals surface area contributed by atoms with Crippen molar-refractivity contribution in [2.45, 2.75) is 0 Å². The molecular weight excluding hydrogens is 292 g/mol. The van der Waals surface area contributed by atoms with Gasteiger partial charge in [-0.05, 0) is 12.1 Å². The Balaban J connectivity index is 2.34. The van der Waals surface area contributed by atoms with E-state index < -0.39 is 0 Å². The summed E-state index contributed by atoms with van der Waals surface area (Å²) >= 11 is 6.16. The van der Waals surface area contributed by atoms with Gasteiger partial charge in [-0.15, -0.1) is 0 Å². The van der Waals surface area contributed by atoms with Gasteiger partial charge in [0.15, 0.2) is 22.9 Å². The molecule has 0 bridgehead atoms. The van der Waals surface area contributed by atoms with Crippen LogP contribution in [0.3, 0.4) is 0 Å². The molecule has 0 saturated heterocycles. The van der Waals surface area contributed by atoms with E-state index in [1.165, 1.54) is 6.20 Å². The Morgan fingerprint density at radius 2 is 1.86 bits per heavy atom. The van der Waals surface area contributed by atoms with E-state index in [1.54, 1.807) is 24.3 Å². The van der Waals surface area contributed by atoms with Gasteiger partial charge in [0.2, 0.25) is 5.65 Å². The molecule has 0 aromatic carbocycles. The lowest BCUT2D eigenvalue weighted by atomic mass is 10.2. The SMILES string of the molecule is N#Cc1nc2nc(-c3cccnc3N)n(Cl)c2nc1C#N. The van der Waals surface area contributed by atoms with Crippen molar-refractivity contribution in [2.75, 3.05) is 5.73 Å². The Morgan fingerprint density at radius 3 is 2.52 bits per heavy atom. The minimum atomic E-state index is -0.113. The maximum Gasteiger partial charge on any atom is 0.200 e. The van der Waals surface area contributed by atoms with Gasteiger partial charge in [0, 0.05) is 18.0 Å². The molecule has 100 valence electrons. The predicted molar refractivity (Wildman–Crippen MR) is 73.6 cm³/mol. The topological polar surface area (TPSA) is 130 Å². The molecule has 3 rings (SSSR count). The molecule has 0 radical (unpaired) electrons. The van der Waals surface area contributed by atoms with Gasteiger partial charge in [-0.1, -0.05) is 0 Å². The third kappa shape index (κ3) is 1.91. The second-order valence-electron chi connectivity index (χ2n) is 3.94. The molecule has 0 fully saturated rings. The van der Waals surface area contributed by atoms with Gasteiger partial charge in [-0.25, -0.2) is 24.0 Å². The third-order valence-electron chi connectivity index (χ3n) is 2.73. The van der Waals surface area contributed by atoms with Gasteiger partial charge in [-0.2, -0.15) is 10.5 Å². The number of nitrogens with two attached hydrogens (primary N) is 1. The number of hydrogen-bond donors (Lipinski definition) is 1. The van der Waals surface area contributed by atoms with E-state index >= 15 is 0 Å². The average Bonchev–Trinajstić information content (AvgIpc) is 2.82. The molecule has 8 nitrogen and oxygen atoms in total. The standard InChI is InChI=1S/C12H5ClN8/c13-21-11(6-2-1-3-17-9(6)16)20-10-12(21)19-8(5-15)7(4-14)18-10/h1-3H,(H2,16,17). The van der Waals surface area contributed by atoms with E-state index in [-0.39, 0.29) is 34.3 Å². The Morgan fingerprint density at radius 1 is 1.14 bits per heavy atom. The van der Waals surface area contributed by atoms with Crippen molar-refractivity contribution in [1.29, 1.82) is 10.5 Å². The molecule has 3 aromatic rings. The summed E-state index contributed by atoms with van der Waals surface area (Å²) in [5.41, 5.74) is 6.39. The maximum atomic E-state index is 8.96. The summed E-state index contributed by atoms with van der Waals surface area (Å²) in [7, 11) is 0. The minimum Gasteiger partial charge on any atom is -0.383 e. The first-order valence-corrected chi connectivity index (χ1v) is 5.97. The number of halogens is 1. The number of anilines is 1. The van der Waals surface area contributed by atoms with Crippen molar-refractivity contribution >= 4 is 28.9 Å². The first-order valence-electron chi connectivity index (χ1n) is 5.63. The van der Waals surface area contributed by atoms with Crippen LogP contribution in [0.4, 0.5) is 5.82 Å². The Kier molecular flexibility index (Phi) is 2.87. The van der Waals surface area contributed by atoms with Crippen molar-refractivity contribution in [1.82, 2.24) is 24.0 Å². The third-order valence-corrected chi connectivity index (χ3v) is 3.05. The highest BCUT2D eigenvalue weighted by atomic mass is 35.5. The number of imidazole rings is 1. The lowest BCUT2D eigenvalue weighted by molar-refractivity contribution is 1.16. The molecule has 3 aromatic heterocycles. The van der Waals surface area contributed by atoms with Gasteiger partial charge in [0.05, 0.1) is 5.56 Å². The van der Waals surface area contributed by atoms with E-state index in [0.29, 0.717) is 5.56 Å². The summed E-state index contributed by atoms with van der Waals surface area (Å²) in [6.07, 6.45) is 1.54. The smallest absolute Gasteiger partial charge is 0.200 e. The fourth-order valence-electron chi connectivity index (χ4n) is 1.80. The van der Waals surface area contributed by atoms with Crippen LogP contribution < -0.4 is 5.73 Å². The molecule has 0 atom stereocenters. The van der Waals surface area contributed by atoms with Gasteiger partial charge < -0.3 is 5.73 Å². The van der Waals surface area contributed by atoms with Crippen LogP contribution in [0.5, 0.6) is 0 Å². The average molecular weight is 297 g/mol. The van der Waals surface area contributed by atoms with E-state index in [4.69, 9.17) is 28.0 Å². The predicted octanol–water partition coefficient (Wildman–Crippen LogP) is 1.22. The first kappa shape index (κ1) is 12.8. The summed E-state index contributed by atoms with van der Waals surface area (Å²) in [5, 5.41) is 17.9. The van der Waals surface area contributed by atoms with Crippen LogP contribution in [0, 0.1) is 22.7 Å². The Hall–Kier alpha value is -3.23. The van der Waals surface area contributed by atoms with E-state index in [2.05, 4.69) is 19.9 Å². The molecule has 0 aliphatic carbocycles.